The fourth-order valence-electron chi connectivity index (χ4n) is 2.19. The van der Waals surface area contributed by atoms with Gasteiger partial charge in [0.2, 0.25) is 5.91 Å². The Labute approximate surface area is 129 Å². The van der Waals surface area contributed by atoms with E-state index in [4.69, 9.17) is 9.15 Å². The molecule has 0 aliphatic carbocycles. The first-order chi connectivity index (χ1) is 11.0. The maximum atomic E-state index is 11.9. The smallest absolute Gasteiger partial charge is 0.354 e. The minimum Gasteiger partial charge on any atom is -0.508 e. The molecule has 0 fully saturated rings. The number of hydrogen-bond acceptors (Lipinski definition) is 7. The van der Waals surface area contributed by atoms with Gasteiger partial charge in [-0.1, -0.05) is 0 Å². The highest BCUT2D eigenvalue weighted by atomic mass is 16.5. The molecule has 0 saturated heterocycles. The van der Waals surface area contributed by atoms with E-state index in [1.807, 2.05) is 0 Å². The molecule has 1 aromatic carbocycles. The van der Waals surface area contributed by atoms with Gasteiger partial charge in [0.1, 0.15) is 23.7 Å². The van der Waals surface area contributed by atoms with Crippen molar-refractivity contribution in [2.45, 2.75) is 19.4 Å². The fourth-order valence-corrected chi connectivity index (χ4v) is 2.19. The van der Waals surface area contributed by atoms with Crippen molar-refractivity contribution in [1.29, 1.82) is 0 Å². The number of carbonyl (C=O) groups excluding carboxylic acids is 2. The van der Waals surface area contributed by atoms with Crippen molar-refractivity contribution in [2.24, 2.45) is 5.10 Å². The highest BCUT2D eigenvalue weighted by Gasteiger charge is 2.20. The number of benzene rings is 1. The number of phenolic OH excluding ortho intramolecular Hbond substituents is 1. The average molecular weight is 316 g/mol. The predicted octanol–water partition coefficient (Wildman–Crippen LogP) is 0.808. The lowest BCUT2D eigenvalue weighted by Crippen LogP contribution is -2.30. The van der Waals surface area contributed by atoms with Gasteiger partial charge in [-0.15, -0.1) is 0 Å². The quantitative estimate of drug-likeness (QED) is 0.639. The summed E-state index contributed by atoms with van der Waals surface area (Å²) in [6.07, 6.45) is 0.376. The van der Waals surface area contributed by atoms with Crippen LogP contribution < -0.4 is 11.1 Å². The Hall–Kier alpha value is -3.16. The summed E-state index contributed by atoms with van der Waals surface area (Å²) < 4.78 is 10.1. The molecule has 0 atom stereocenters. The number of aromatic hydroxyl groups is 1. The van der Waals surface area contributed by atoms with Crippen LogP contribution in [0.15, 0.2) is 38.6 Å². The number of rotatable bonds is 3. The van der Waals surface area contributed by atoms with Crippen molar-refractivity contribution < 1.29 is 23.8 Å². The van der Waals surface area contributed by atoms with E-state index in [1.54, 1.807) is 6.07 Å². The SMILES string of the molecule is O=C1CCC(C(=O)OCc2cc(=O)oc3cc(O)ccc23)=NN1. The fraction of sp³-hybridized carbons (Fsp3) is 0.200. The maximum absolute atomic E-state index is 11.9. The van der Waals surface area contributed by atoms with Crippen molar-refractivity contribution in [3.63, 3.8) is 0 Å². The van der Waals surface area contributed by atoms with E-state index in [9.17, 15) is 19.5 Å². The van der Waals surface area contributed by atoms with Gasteiger partial charge >= 0.3 is 11.6 Å². The molecule has 2 heterocycles. The summed E-state index contributed by atoms with van der Waals surface area (Å²) in [4.78, 5) is 34.4. The number of nitrogens with zero attached hydrogens (tertiary/aromatic N) is 1. The minimum atomic E-state index is -0.662. The lowest BCUT2D eigenvalue weighted by atomic mass is 10.1. The molecule has 0 radical (unpaired) electrons. The normalized spacial score (nSPS) is 14.3. The number of ether oxygens (including phenoxy) is 1. The molecule has 8 nitrogen and oxygen atoms in total. The molecule has 0 unspecified atom stereocenters. The third kappa shape index (κ3) is 3.20. The Morgan fingerprint density at radius 1 is 1.30 bits per heavy atom. The topological polar surface area (TPSA) is 118 Å². The molecule has 1 aromatic heterocycles. The first kappa shape index (κ1) is 14.8. The van der Waals surface area contributed by atoms with Crippen LogP contribution in [-0.2, 0) is 20.9 Å². The van der Waals surface area contributed by atoms with Crippen molar-refractivity contribution in [3.8, 4) is 5.75 Å². The first-order valence-corrected chi connectivity index (χ1v) is 6.81. The third-order valence-electron chi connectivity index (χ3n) is 3.31. The average Bonchev–Trinajstić information content (AvgIpc) is 2.52. The van der Waals surface area contributed by atoms with Crippen LogP contribution in [0.4, 0.5) is 0 Å². The zero-order valence-corrected chi connectivity index (χ0v) is 11.9. The van der Waals surface area contributed by atoms with E-state index in [1.165, 1.54) is 18.2 Å². The van der Waals surface area contributed by atoms with Gasteiger partial charge in [0, 0.05) is 35.9 Å². The number of fused-ring (bicyclic) bond motifs is 1. The summed E-state index contributed by atoms with van der Waals surface area (Å²) in [7, 11) is 0. The number of carbonyl (C=O) groups is 2. The predicted molar refractivity (Wildman–Crippen MR) is 78.8 cm³/mol. The second-order valence-electron chi connectivity index (χ2n) is 4.94. The lowest BCUT2D eigenvalue weighted by Gasteiger charge is -2.12. The Balaban J connectivity index is 1.81. The Kier molecular flexibility index (Phi) is 3.80. The molecule has 1 aliphatic heterocycles. The summed E-state index contributed by atoms with van der Waals surface area (Å²) in [6.45, 7) is -0.154. The molecule has 3 rings (SSSR count). The number of hydrogen-bond donors (Lipinski definition) is 2. The van der Waals surface area contributed by atoms with Crippen LogP contribution in [0.3, 0.4) is 0 Å². The van der Waals surface area contributed by atoms with E-state index in [0.717, 1.165) is 0 Å². The number of hydrazone groups is 1. The lowest BCUT2D eigenvalue weighted by molar-refractivity contribution is -0.137. The zero-order valence-electron chi connectivity index (χ0n) is 11.9. The van der Waals surface area contributed by atoms with Crippen molar-refractivity contribution in [3.05, 3.63) is 40.2 Å². The molecular weight excluding hydrogens is 304 g/mol. The van der Waals surface area contributed by atoms with Crippen molar-refractivity contribution >= 4 is 28.6 Å². The number of nitrogens with one attached hydrogen (secondary N) is 1. The molecule has 0 spiro atoms. The molecule has 118 valence electrons. The Morgan fingerprint density at radius 2 is 2.13 bits per heavy atom. The largest absolute Gasteiger partial charge is 0.508 e. The van der Waals surface area contributed by atoms with Crippen LogP contribution in [0, 0.1) is 0 Å². The number of phenols is 1. The van der Waals surface area contributed by atoms with Gasteiger partial charge < -0.3 is 14.3 Å². The summed E-state index contributed by atoms with van der Waals surface area (Å²) >= 11 is 0. The van der Waals surface area contributed by atoms with Crippen molar-refractivity contribution in [2.75, 3.05) is 0 Å². The molecule has 1 amide bonds. The summed E-state index contributed by atoms with van der Waals surface area (Å²) in [5, 5.41) is 13.6. The van der Waals surface area contributed by atoms with E-state index in [0.29, 0.717) is 10.9 Å². The minimum absolute atomic E-state index is 0.0397. The molecule has 23 heavy (non-hydrogen) atoms. The Morgan fingerprint density at radius 3 is 2.87 bits per heavy atom. The molecule has 0 bridgehead atoms. The first-order valence-electron chi connectivity index (χ1n) is 6.81. The second-order valence-corrected chi connectivity index (χ2v) is 4.94. The van der Waals surface area contributed by atoms with Crippen LogP contribution in [0.5, 0.6) is 5.75 Å². The third-order valence-corrected chi connectivity index (χ3v) is 3.31. The van der Waals surface area contributed by atoms with E-state index >= 15 is 0 Å². The van der Waals surface area contributed by atoms with Crippen molar-refractivity contribution in [1.82, 2.24) is 5.43 Å². The van der Waals surface area contributed by atoms with Crippen LogP contribution in [0.25, 0.3) is 11.0 Å². The van der Waals surface area contributed by atoms with Crippen LogP contribution in [-0.4, -0.2) is 22.7 Å². The summed E-state index contributed by atoms with van der Waals surface area (Å²) in [6, 6.07) is 5.53. The van der Waals surface area contributed by atoms with Crippen LogP contribution >= 0.6 is 0 Å². The summed E-state index contributed by atoms with van der Waals surface area (Å²) in [5.41, 5.74) is 2.37. The van der Waals surface area contributed by atoms with Gasteiger partial charge in [-0.05, 0) is 12.1 Å². The summed E-state index contributed by atoms with van der Waals surface area (Å²) in [5.74, 6) is -0.958. The van der Waals surface area contributed by atoms with Gasteiger partial charge in [0.05, 0.1) is 0 Å². The van der Waals surface area contributed by atoms with E-state index in [2.05, 4.69) is 10.5 Å². The van der Waals surface area contributed by atoms with Crippen LogP contribution in [0.1, 0.15) is 18.4 Å². The van der Waals surface area contributed by atoms with Gasteiger partial charge in [0.25, 0.3) is 0 Å². The molecule has 1 aliphatic rings. The number of amides is 1. The van der Waals surface area contributed by atoms with Gasteiger partial charge in [-0.2, -0.15) is 5.10 Å². The molecule has 8 heteroatoms. The number of esters is 1. The monoisotopic (exact) mass is 316 g/mol. The highest BCUT2D eigenvalue weighted by molar-refractivity contribution is 6.37. The van der Waals surface area contributed by atoms with E-state index < -0.39 is 11.6 Å². The maximum Gasteiger partial charge on any atom is 0.354 e. The highest BCUT2D eigenvalue weighted by Crippen LogP contribution is 2.22. The second kappa shape index (κ2) is 5.91. The standard InChI is InChI=1S/C15H12N2O6/c18-9-1-2-10-8(5-14(20)23-12(10)6-9)7-22-15(21)11-3-4-13(19)17-16-11/h1-2,5-6,18H,3-4,7H2,(H,17,19). The zero-order chi connectivity index (χ0) is 16.4. The van der Waals surface area contributed by atoms with Gasteiger partial charge in [0.15, 0.2) is 0 Å². The van der Waals surface area contributed by atoms with Gasteiger partial charge in [-0.3, -0.25) is 4.79 Å². The van der Waals surface area contributed by atoms with Gasteiger partial charge in [-0.25, -0.2) is 15.0 Å². The molecule has 0 saturated carbocycles. The Bertz CT molecular complexity index is 883. The molecular formula is C15H12N2O6. The molecule has 2 N–H and O–H groups in total. The van der Waals surface area contributed by atoms with E-state index in [-0.39, 0.29) is 42.4 Å². The van der Waals surface area contributed by atoms with Crippen LogP contribution in [0.2, 0.25) is 0 Å². The molecule has 2 aromatic rings.